The molecular weight excluding hydrogens is 339 g/mol. The second-order valence-electron chi connectivity index (χ2n) is 5.32. The van der Waals surface area contributed by atoms with E-state index in [4.69, 9.17) is 9.47 Å². The molecule has 0 aromatic heterocycles. The molecule has 0 saturated carbocycles. The van der Waals surface area contributed by atoms with E-state index in [2.05, 4.69) is 5.32 Å². The van der Waals surface area contributed by atoms with Crippen LogP contribution in [-0.2, 0) is 22.3 Å². The maximum atomic E-state index is 12.7. The lowest BCUT2D eigenvalue weighted by Gasteiger charge is -2.18. The summed E-state index contributed by atoms with van der Waals surface area (Å²) in [7, 11) is 0. The number of alkyl halides is 3. The van der Waals surface area contributed by atoms with Gasteiger partial charge in [-0.15, -0.1) is 0 Å². The lowest BCUT2D eigenvalue weighted by Crippen LogP contribution is -2.25. The standard InChI is InChI=1S/C17H12F3NO4/c18-17(19,20)12-3-1-2-10(6-12)8-25-16(23)11-4-5-13-14(7-11)24-9-15(22)21-13/h1-7H,8-9H2,(H,21,22). The highest BCUT2D eigenvalue weighted by Gasteiger charge is 2.30. The van der Waals surface area contributed by atoms with Crippen molar-refractivity contribution >= 4 is 17.6 Å². The molecule has 1 N–H and O–H groups in total. The van der Waals surface area contributed by atoms with E-state index in [1.165, 1.54) is 30.3 Å². The van der Waals surface area contributed by atoms with Crippen molar-refractivity contribution in [1.29, 1.82) is 0 Å². The van der Waals surface area contributed by atoms with Crippen LogP contribution in [0.15, 0.2) is 42.5 Å². The van der Waals surface area contributed by atoms with Crippen molar-refractivity contribution in [3.63, 3.8) is 0 Å². The molecule has 2 aromatic rings. The van der Waals surface area contributed by atoms with Gasteiger partial charge in [0.1, 0.15) is 12.4 Å². The summed E-state index contributed by atoms with van der Waals surface area (Å²) in [6.07, 6.45) is -4.46. The smallest absolute Gasteiger partial charge is 0.416 e. The fraction of sp³-hybridized carbons (Fsp3) is 0.176. The summed E-state index contributed by atoms with van der Waals surface area (Å²) in [5.41, 5.74) is 0.0242. The molecule has 25 heavy (non-hydrogen) atoms. The number of amides is 1. The Balaban J connectivity index is 1.68. The first-order valence-corrected chi connectivity index (χ1v) is 7.23. The molecule has 0 saturated heterocycles. The fourth-order valence-electron chi connectivity index (χ4n) is 2.27. The molecule has 0 unspecified atom stereocenters. The zero-order valence-corrected chi connectivity index (χ0v) is 12.7. The highest BCUT2D eigenvalue weighted by atomic mass is 19.4. The largest absolute Gasteiger partial charge is 0.482 e. The minimum atomic E-state index is -4.46. The summed E-state index contributed by atoms with van der Waals surface area (Å²) in [6, 6.07) is 8.90. The molecule has 8 heteroatoms. The Morgan fingerprint density at radius 1 is 1.20 bits per heavy atom. The minimum Gasteiger partial charge on any atom is -0.482 e. The number of hydrogen-bond acceptors (Lipinski definition) is 4. The maximum absolute atomic E-state index is 12.7. The number of rotatable bonds is 3. The number of benzene rings is 2. The van der Waals surface area contributed by atoms with E-state index in [9.17, 15) is 22.8 Å². The molecule has 1 heterocycles. The van der Waals surface area contributed by atoms with E-state index in [-0.39, 0.29) is 30.2 Å². The molecule has 0 atom stereocenters. The van der Waals surface area contributed by atoms with Gasteiger partial charge in [0.2, 0.25) is 0 Å². The summed E-state index contributed by atoms with van der Waals surface area (Å²) >= 11 is 0. The molecule has 130 valence electrons. The van der Waals surface area contributed by atoms with Crippen LogP contribution in [0.25, 0.3) is 0 Å². The predicted molar refractivity (Wildman–Crippen MR) is 81.1 cm³/mol. The second kappa shape index (κ2) is 6.46. The normalized spacial score (nSPS) is 13.5. The topological polar surface area (TPSA) is 64.6 Å². The third-order valence-electron chi connectivity index (χ3n) is 3.47. The van der Waals surface area contributed by atoms with Gasteiger partial charge in [0.25, 0.3) is 5.91 Å². The van der Waals surface area contributed by atoms with Crippen molar-refractivity contribution in [2.24, 2.45) is 0 Å². The van der Waals surface area contributed by atoms with Gasteiger partial charge < -0.3 is 14.8 Å². The van der Waals surface area contributed by atoms with Crippen molar-refractivity contribution in [2.75, 3.05) is 11.9 Å². The molecule has 0 spiro atoms. The Hall–Kier alpha value is -3.03. The molecule has 2 aromatic carbocycles. The van der Waals surface area contributed by atoms with E-state index < -0.39 is 17.7 Å². The lowest BCUT2D eigenvalue weighted by molar-refractivity contribution is -0.137. The SMILES string of the molecule is O=C1COc2cc(C(=O)OCc3cccc(C(F)(F)F)c3)ccc2N1. The summed E-state index contributed by atoms with van der Waals surface area (Å²) < 4.78 is 48.2. The summed E-state index contributed by atoms with van der Waals surface area (Å²) in [5, 5.41) is 2.58. The van der Waals surface area contributed by atoms with Gasteiger partial charge in [-0.3, -0.25) is 4.79 Å². The first kappa shape index (κ1) is 16.8. The average molecular weight is 351 g/mol. The van der Waals surface area contributed by atoms with Gasteiger partial charge in [0.05, 0.1) is 16.8 Å². The summed E-state index contributed by atoms with van der Waals surface area (Å²) in [4.78, 5) is 23.3. The first-order valence-electron chi connectivity index (χ1n) is 7.23. The van der Waals surface area contributed by atoms with Crippen LogP contribution in [-0.4, -0.2) is 18.5 Å². The highest BCUT2D eigenvalue weighted by Crippen LogP contribution is 2.30. The van der Waals surface area contributed by atoms with Crippen molar-refractivity contribution in [3.05, 3.63) is 59.2 Å². The van der Waals surface area contributed by atoms with Gasteiger partial charge in [-0.25, -0.2) is 4.79 Å². The molecule has 5 nitrogen and oxygen atoms in total. The van der Waals surface area contributed by atoms with E-state index >= 15 is 0 Å². The number of ether oxygens (including phenoxy) is 2. The minimum absolute atomic E-state index is 0.157. The quantitative estimate of drug-likeness (QED) is 0.861. The van der Waals surface area contributed by atoms with Gasteiger partial charge in [-0.1, -0.05) is 12.1 Å². The Labute approximate surface area is 140 Å². The molecule has 1 aliphatic rings. The molecule has 0 radical (unpaired) electrons. The Morgan fingerprint density at radius 2 is 2.00 bits per heavy atom. The van der Waals surface area contributed by atoms with Crippen molar-refractivity contribution in [1.82, 2.24) is 0 Å². The predicted octanol–water partition coefficient (Wildman–Crippen LogP) is 3.39. The van der Waals surface area contributed by atoms with Gasteiger partial charge >= 0.3 is 12.1 Å². The summed E-state index contributed by atoms with van der Waals surface area (Å²) in [6.45, 7) is -0.451. The van der Waals surface area contributed by atoms with Gasteiger partial charge in [0.15, 0.2) is 6.61 Å². The number of fused-ring (bicyclic) bond motifs is 1. The van der Waals surface area contributed by atoms with Crippen LogP contribution in [0.3, 0.4) is 0 Å². The number of esters is 1. The van der Waals surface area contributed by atoms with Crippen LogP contribution in [0.2, 0.25) is 0 Å². The molecule has 1 aliphatic heterocycles. The molecule has 1 amide bonds. The second-order valence-corrected chi connectivity index (χ2v) is 5.32. The fourth-order valence-corrected chi connectivity index (χ4v) is 2.27. The Bertz CT molecular complexity index is 833. The van der Waals surface area contributed by atoms with Crippen LogP contribution in [0.5, 0.6) is 5.75 Å². The zero-order chi connectivity index (χ0) is 18.0. The van der Waals surface area contributed by atoms with E-state index in [0.717, 1.165) is 12.1 Å². The molecule has 0 aliphatic carbocycles. The Morgan fingerprint density at radius 3 is 2.76 bits per heavy atom. The third kappa shape index (κ3) is 3.90. The van der Waals surface area contributed by atoms with Crippen molar-refractivity contribution in [2.45, 2.75) is 12.8 Å². The van der Waals surface area contributed by atoms with Gasteiger partial charge in [-0.2, -0.15) is 13.2 Å². The maximum Gasteiger partial charge on any atom is 0.416 e. The van der Waals surface area contributed by atoms with Crippen molar-refractivity contribution < 1.29 is 32.2 Å². The number of halogens is 3. The molecule has 0 fully saturated rings. The number of hydrogen-bond donors (Lipinski definition) is 1. The third-order valence-corrected chi connectivity index (χ3v) is 3.47. The van der Waals surface area contributed by atoms with Gasteiger partial charge in [-0.05, 0) is 35.9 Å². The van der Waals surface area contributed by atoms with Crippen molar-refractivity contribution in [3.8, 4) is 5.75 Å². The summed E-state index contributed by atoms with van der Waals surface area (Å²) in [5.74, 6) is -0.679. The number of carbonyl (C=O) groups excluding carboxylic acids is 2. The van der Waals surface area contributed by atoms with Crippen LogP contribution < -0.4 is 10.1 Å². The molecular formula is C17H12F3NO4. The van der Waals surface area contributed by atoms with Crippen LogP contribution >= 0.6 is 0 Å². The Kier molecular flexibility index (Phi) is 4.35. The van der Waals surface area contributed by atoms with Crippen LogP contribution in [0, 0.1) is 0 Å². The average Bonchev–Trinajstić information content (AvgIpc) is 2.58. The number of carbonyl (C=O) groups is 2. The lowest BCUT2D eigenvalue weighted by atomic mass is 10.1. The highest BCUT2D eigenvalue weighted by molar-refractivity contribution is 5.97. The van der Waals surface area contributed by atoms with Crippen LogP contribution in [0.4, 0.5) is 18.9 Å². The number of nitrogens with one attached hydrogen (secondary N) is 1. The van der Waals surface area contributed by atoms with Gasteiger partial charge in [0, 0.05) is 0 Å². The molecule has 0 bridgehead atoms. The monoisotopic (exact) mass is 351 g/mol. The van der Waals surface area contributed by atoms with E-state index in [1.54, 1.807) is 0 Å². The number of anilines is 1. The van der Waals surface area contributed by atoms with E-state index in [1.807, 2.05) is 0 Å². The first-order chi connectivity index (χ1) is 11.8. The van der Waals surface area contributed by atoms with E-state index in [0.29, 0.717) is 11.4 Å². The zero-order valence-electron chi connectivity index (χ0n) is 12.7. The van der Waals surface area contributed by atoms with Crippen LogP contribution in [0.1, 0.15) is 21.5 Å². The molecule has 3 rings (SSSR count).